The summed E-state index contributed by atoms with van der Waals surface area (Å²) < 4.78 is 11.1. The molecule has 0 spiro atoms. The molecule has 0 radical (unpaired) electrons. The van der Waals surface area contributed by atoms with Crippen LogP contribution < -0.4 is 4.74 Å². The van der Waals surface area contributed by atoms with E-state index >= 15 is 0 Å². The maximum absolute atomic E-state index is 5.83. The smallest absolute Gasteiger partial charge is 0.166 e. The number of thioether (sulfide) groups is 1. The van der Waals surface area contributed by atoms with Crippen LogP contribution in [0, 0.1) is 6.92 Å². The second-order valence-electron chi connectivity index (χ2n) is 5.59. The largest absolute Gasteiger partial charge is 0.490 e. The van der Waals surface area contributed by atoms with Gasteiger partial charge in [0.15, 0.2) is 5.16 Å². The molecular formula is C18H21N3O2S. The van der Waals surface area contributed by atoms with Gasteiger partial charge < -0.3 is 14.5 Å². The van der Waals surface area contributed by atoms with Crippen molar-refractivity contribution in [3.8, 4) is 5.75 Å². The Morgan fingerprint density at radius 3 is 2.88 bits per heavy atom. The molecule has 0 bridgehead atoms. The lowest BCUT2D eigenvalue weighted by Gasteiger charge is -2.14. The summed E-state index contributed by atoms with van der Waals surface area (Å²) in [5.41, 5.74) is 4.10. The number of pyridine rings is 1. The van der Waals surface area contributed by atoms with Gasteiger partial charge in [-0.25, -0.2) is 4.98 Å². The molecule has 24 heavy (non-hydrogen) atoms. The van der Waals surface area contributed by atoms with E-state index in [9.17, 15) is 0 Å². The molecule has 3 aromatic rings. The highest BCUT2D eigenvalue weighted by Crippen LogP contribution is 2.27. The van der Waals surface area contributed by atoms with Crippen molar-refractivity contribution < 1.29 is 9.47 Å². The molecule has 3 rings (SSSR count). The van der Waals surface area contributed by atoms with Crippen molar-refractivity contribution in [2.45, 2.75) is 30.9 Å². The first-order valence-electron chi connectivity index (χ1n) is 7.85. The number of aromatic amines is 1. The summed E-state index contributed by atoms with van der Waals surface area (Å²) in [7, 11) is 1.68. The van der Waals surface area contributed by atoms with Crippen LogP contribution in [0.5, 0.6) is 5.75 Å². The van der Waals surface area contributed by atoms with Gasteiger partial charge in [-0.1, -0.05) is 23.9 Å². The van der Waals surface area contributed by atoms with Gasteiger partial charge in [-0.2, -0.15) is 0 Å². The number of benzene rings is 1. The monoisotopic (exact) mass is 343 g/mol. The predicted molar refractivity (Wildman–Crippen MR) is 96.6 cm³/mol. The first-order chi connectivity index (χ1) is 11.7. The minimum absolute atomic E-state index is 0.0611. The number of hydrogen-bond donors (Lipinski definition) is 1. The van der Waals surface area contributed by atoms with Gasteiger partial charge in [0.1, 0.15) is 12.4 Å². The quantitative estimate of drug-likeness (QED) is 0.658. The number of hydrogen-bond acceptors (Lipinski definition) is 5. The van der Waals surface area contributed by atoms with Crippen LogP contribution in [-0.4, -0.2) is 34.8 Å². The van der Waals surface area contributed by atoms with Gasteiger partial charge in [-0.15, -0.1) is 0 Å². The standard InChI is InChI=1S/C18H21N3O2S/c1-12(22-3)10-23-17-8-9-19-16(13(17)2)11-24-18-20-14-6-4-5-7-15(14)21-18/h4-9,12H,10-11H2,1-3H3,(H,20,21). The zero-order valence-corrected chi connectivity index (χ0v) is 14.9. The minimum atomic E-state index is 0.0611. The van der Waals surface area contributed by atoms with Gasteiger partial charge in [0.2, 0.25) is 0 Å². The van der Waals surface area contributed by atoms with E-state index in [0.29, 0.717) is 6.61 Å². The van der Waals surface area contributed by atoms with Crippen molar-refractivity contribution in [2.24, 2.45) is 0 Å². The van der Waals surface area contributed by atoms with E-state index < -0.39 is 0 Å². The average molecular weight is 343 g/mol. The van der Waals surface area contributed by atoms with Crippen LogP contribution in [0.3, 0.4) is 0 Å². The Morgan fingerprint density at radius 1 is 1.25 bits per heavy atom. The maximum Gasteiger partial charge on any atom is 0.166 e. The fourth-order valence-electron chi connectivity index (χ4n) is 2.27. The number of nitrogens with one attached hydrogen (secondary N) is 1. The van der Waals surface area contributed by atoms with Crippen molar-refractivity contribution in [3.63, 3.8) is 0 Å². The third kappa shape index (κ3) is 3.88. The van der Waals surface area contributed by atoms with Gasteiger partial charge in [0.25, 0.3) is 0 Å². The van der Waals surface area contributed by atoms with Crippen molar-refractivity contribution in [1.82, 2.24) is 15.0 Å². The number of aromatic nitrogens is 3. The molecule has 126 valence electrons. The van der Waals surface area contributed by atoms with Crippen molar-refractivity contribution in [3.05, 3.63) is 47.8 Å². The highest BCUT2D eigenvalue weighted by atomic mass is 32.2. The van der Waals surface area contributed by atoms with E-state index in [2.05, 4.69) is 15.0 Å². The lowest BCUT2D eigenvalue weighted by atomic mass is 10.2. The summed E-state index contributed by atoms with van der Waals surface area (Å²) in [6, 6.07) is 9.92. The molecule has 0 aliphatic rings. The highest BCUT2D eigenvalue weighted by Gasteiger charge is 2.10. The SMILES string of the molecule is COC(C)COc1ccnc(CSc2nc3ccccc3[nH]2)c1C. The third-order valence-electron chi connectivity index (χ3n) is 3.85. The van der Waals surface area contributed by atoms with E-state index in [1.54, 1.807) is 25.1 Å². The van der Waals surface area contributed by atoms with Crippen molar-refractivity contribution in [2.75, 3.05) is 13.7 Å². The first kappa shape index (κ1) is 16.8. The zero-order chi connectivity index (χ0) is 16.9. The van der Waals surface area contributed by atoms with Crippen LogP contribution in [-0.2, 0) is 10.5 Å². The van der Waals surface area contributed by atoms with E-state index in [-0.39, 0.29) is 6.10 Å². The molecule has 1 N–H and O–H groups in total. The molecule has 0 aliphatic carbocycles. The molecule has 0 saturated heterocycles. The molecule has 0 aliphatic heterocycles. The summed E-state index contributed by atoms with van der Waals surface area (Å²) in [5, 5.41) is 0.900. The molecule has 0 saturated carbocycles. The lowest BCUT2D eigenvalue weighted by molar-refractivity contribution is 0.0713. The molecule has 1 unspecified atom stereocenters. The third-order valence-corrected chi connectivity index (χ3v) is 4.73. The van der Waals surface area contributed by atoms with E-state index in [4.69, 9.17) is 9.47 Å². The van der Waals surface area contributed by atoms with Crippen LogP contribution in [0.1, 0.15) is 18.2 Å². The van der Waals surface area contributed by atoms with E-state index in [1.165, 1.54) is 0 Å². The minimum Gasteiger partial charge on any atom is -0.490 e. The number of ether oxygens (including phenoxy) is 2. The highest BCUT2D eigenvalue weighted by molar-refractivity contribution is 7.98. The Hall–Kier alpha value is -2.05. The topological polar surface area (TPSA) is 60.0 Å². The van der Waals surface area contributed by atoms with Gasteiger partial charge in [0, 0.05) is 24.6 Å². The summed E-state index contributed by atoms with van der Waals surface area (Å²) in [4.78, 5) is 12.4. The van der Waals surface area contributed by atoms with Crippen LogP contribution in [0.2, 0.25) is 0 Å². The molecule has 6 heteroatoms. The number of H-pyrrole nitrogens is 1. The van der Waals surface area contributed by atoms with Gasteiger partial charge in [0.05, 0.1) is 22.8 Å². The van der Waals surface area contributed by atoms with E-state index in [0.717, 1.165) is 38.9 Å². The Labute approximate surface area is 145 Å². The van der Waals surface area contributed by atoms with Crippen LogP contribution in [0.4, 0.5) is 0 Å². The second kappa shape index (κ2) is 7.68. The Balaban J connectivity index is 1.68. The summed E-state index contributed by atoms with van der Waals surface area (Å²) in [6.45, 7) is 4.54. The molecule has 5 nitrogen and oxygen atoms in total. The van der Waals surface area contributed by atoms with E-state index in [1.807, 2.05) is 44.2 Å². The maximum atomic E-state index is 5.83. The number of para-hydroxylation sites is 2. The van der Waals surface area contributed by atoms with Crippen LogP contribution in [0.25, 0.3) is 11.0 Å². The Bertz CT molecular complexity index is 786. The second-order valence-corrected chi connectivity index (χ2v) is 6.55. The lowest BCUT2D eigenvalue weighted by Crippen LogP contribution is -2.16. The molecule has 1 aromatic carbocycles. The fourth-order valence-corrected chi connectivity index (χ4v) is 3.18. The summed E-state index contributed by atoms with van der Waals surface area (Å²) in [5.74, 6) is 1.59. The first-order valence-corrected chi connectivity index (χ1v) is 8.83. The van der Waals surface area contributed by atoms with Crippen LogP contribution in [0.15, 0.2) is 41.7 Å². The Morgan fingerprint density at radius 2 is 2.08 bits per heavy atom. The van der Waals surface area contributed by atoms with Gasteiger partial charge >= 0.3 is 0 Å². The average Bonchev–Trinajstić information content (AvgIpc) is 3.02. The summed E-state index contributed by atoms with van der Waals surface area (Å²) >= 11 is 1.64. The molecule has 0 amide bonds. The zero-order valence-electron chi connectivity index (χ0n) is 14.1. The molecule has 0 fully saturated rings. The molecule has 1 atom stereocenters. The fraction of sp³-hybridized carbons (Fsp3) is 0.333. The van der Waals surface area contributed by atoms with Crippen LogP contribution >= 0.6 is 11.8 Å². The molecule has 2 aromatic heterocycles. The normalized spacial score (nSPS) is 12.5. The number of methoxy groups -OCH3 is 1. The molecular weight excluding hydrogens is 322 g/mol. The van der Waals surface area contributed by atoms with Crippen molar-refractivity contribution in [1.29, 1.82) is 0 Å². The number of fused-ring (bicyclic) bond motifs is 1. The van der Waals surface area contributed by atoms with Crippen molar-refractivity contribution >= 4 is 22.8 Å². The number of imidazole rings is 1. The van der Waals surface area contributed by atoms with Gasteiger partial charge in [-0.3, -0.25) is 4.98 Å². The van der Waals surface area contributed by atoms with Gasteiger partial charge in [-0.05, 0) is 32.0 Å². The Kier molecular flexibility index (Phi) is 5.37. The number of rotatable bonds is 7. The summed E-state index contributed by atoms with van der Waals surface area (Å²) in [6.07, 6.45) is 1.85. The predicted octanol–water partition coefficient (Wildman–Crippen LogP) is 3.97. The number of nitrogens with zero attached hydrogens (tertiary/aromatic N) is 2. The molecule has 2 heterocycles.